The van der Waals surface area contributed by atoms with Crippen LogP contribution in [-0.4, -0.2) is 22.6 Å². The van der Waals surface area contributed by atoms with Gasteiger partial charge in [0.25, 0.3) is 0 Å². The smallest absolute Gasteiger partial charge is 0.356 e. The van der Waals surface area contributed by atoms with E-state index >= 15 is 0 Å². The summed E-state index contributed by atoms with van der Waals surface area (Å²) in [7, 11) is -4.67. The Kier molecular flexibility index (Phi) is 20.6. The molecule has 0 aliphatic rings. The van der Waals surface area contributed by atoms with Crippen molar-refractivity contribution in [2.75, 3.05) is 0 Å². The molecule has 0 heterocycles. The van der Waals surface area contributed by atoms with E-state index in [4.69, 9.17) is 32.8 Å². The van der Waals surface area contributed by atoms with Crippen molar-refractivity contribution in [1.29, 1.82) is 0 Å². The van der Waals surface area contributed by atoms with E-state index in [0.717, 1.165) is 0 Å². The summed E-state index contributed by atoms with van der Waals surface area (Å²) in [6.45, 7) is 0. The van der Waals surface area contributed by atoms with Crippen LogP contribution < -0.4 is 0 Å². The zero-order valence-corrected chi connectivity index (χ0v) is 7.36. The summed E-state index contributed by atoms with van der Waals surface area (Å²) >= 11 is 0. The summed E-state index contributed by atoms with van der Waals surface area (Å²) < 4.78 is 31.6. The van der Waals surface area contributed by atoms with E-state index in [1.165, 1.54) is 0 Å². The van der Waals surface area contributed by atoms with Crippen LogP contribution in [0.25, 0.3) is 0 Å². The van der Waals surface area contributed by atoms with Gasteiger partial charge >= 0.3 is 10.4 Å². The van der Waals surface area contributed by atoms with Gasteiger partial charge < -0.3 is 15.3 Å². The first-order valence-electron chi connectivity index (χ1n) is 1.25. The van der Waals surface area contributed by atoms with Gasteiger partial charge in [-0.05, 0) is 0 Å². The SMILES string of the molecule is O=S(=O)(O)O.O=[N+]([O-])[O-].[Co].[Co]. The fraction of sp³-hybridized carbons (Fsp3) is 0. The second kappa shape index (κ2) is 10.1. The number of rotatable bonds is 0. The first-order valence-corrected chi connectivity index (χ1v) is 2.64. The molecule has 0 aromatic rings. The molecule has 0 aromatic carbocycles. The first kappa shape index (κ1) is 22.5. The minimum absolute atomic E-state index is 0. The second-order valence-electron chi connectivity index (χ2n) is 0.671. The molecule has 0 rings (SSSR count). The third-order valence-electron chi connectivity index (χ3n) is 0. The standard InChI is InChI=1S/2Co.NO3.H2O4S/c;;2-1(3)4;1-5(2,3)4/h;;;(H2,1,2,3,4)/q;;-1;. The number of nitrogens with zero attached hydrogens (tertiary/aromatic N) is 1. The predicted molar refractivity (Wildman–Crippen MR) is 24.5 cm³/mol. The van der Waals surface area contributed by atoms with Crippen LogP contribution in [-0.2, 0) is 44.0 Å². The van der Waals surface area contributed by atoms with E-state index in [0.29, 0.717) is 0 Å². The Balaban J connectivity index is -0.0000000383. The van der Waals surface area contributed by atoms with Gasteiger partial charge in [-0.1, -0.05) is 0 Å². The topological polar surface area (TPSA) is 141 Å². The van der Waals surface area contributed by atoms with Crippen molar-refractivity contribution in [3.05, 3.63) is 15.3 Å². The Labute approximate surface area is 82.1 Å². The van der Waals surface area contributed by atoms with Crippen molar-refractivity contribution in [3.63, 3.8) is 0 Å². The third-order valence-corrected chi connectivity index (χ3v) is 0. The third kappa shape index (κ3) is 95700. The molecule has 0 aliphatic carbocycles. The van der Waals surface area contributed by atoms with Crippen LogP contribution in [0, 0.1) is 15.3 Å². The summed E-state index contributed by atoms with van der Waals surface area (Å²) in [5.74, 6) is 0. The quantitative estimate of drug-likeness (QED) is 0.332. The maximum Gasteiger partial charge on any atom is 0.394 e. The van der Waals surface area contributed by atoms with Crippen molar-refractivity contribution < 1.29 is 56.2 Å². The Bertz CT molecular complexity index is 159. The van der Waals surface area contributed by atoms with Crippen LogP contribution in [0.1, 0.15) is 0 Å². The second-order valence-corrected chi connectivity index (χ2v) is 1.57. The maximum atomic E-state index is 8.74. The summed E-state index contributed by atoms with van der Waals surface area (Å²) in [6, 6.07) is 0. The van der Waals surface area contributed by atoms with Crippen LogP contribution >= 0.6 is 0 Å². The van der Waals surface area contributed by atoms with Crippen LogP contribution in [0.3, 0.4) is 0 Å². The fourth-order valence-corrected chi connectivity index (χ4v) is 0. The Morgan fingerprint density at radius 1 is 1.09 bits per heavy atom. The Hall–Kier alpha value is 0.0830. The molecule has 0 amide bonds. The van der Waals surface area contributed by atoms with Crippen molar-refractivity contribution >= 4 is 10.4 Å². The zero-order chi connectivity index (χ0) is 8.08. The van der Waals surface area contributed by atoms with Gasteiger partial charge in [0, 0.05) is 33.6 Å². The minimum Gasteiger partial charge on any atom is -0.356 e. The molecule has 2 N–H and O–H groups in total. The molecule has 0 spiro atoms. The first-order chi connectivity index (χ1) is 3.73. The molecular weight excluding hydrogens is 276 g/mol. The molecule has 0 saturated heterocycles. The van der Waals surface area contributed by atoms with Crippen LogP contribution in [0.5, 0.6) is 0 Å². The number of hydrogen-bond acceptors (Lipinski definition) is 5. The molecular formula is H2Co2NO7S-. The average molecular weight is 278 g/mol. The fourth-order valence-electron chi connectivity index (χ4n) is 0. The summed E-state index contributed by atoms with van der Waals surface area (Å²) in [5, 5.41) is 14.8. The van der Waals surface area contributed by atoms with E-state index < -0.39 is 15.5 Å². The van der Waals surface area contributed by atoms with Crippen molar-refractivity contribution in [2.24, 2.45) is 0 Å². The van der Waals surface area contributed by atoms with Gasteiger partial charge in [0.05, 0.1) is 5.09 Å². The molecule has 0 fully saturated rings. The van der Waals surface area contributed by atoms with Crippen molar-refractivity contribution in [1.82, 2.24) is 0 Å². The van der Waals surface area contributed by atoms with E-state index in [1.807, 2.05) is 0 Å². The predicted octanol–water partition coefficient (Wildman–Crippen LogP) is -0.897. The van der Waals surface area contributed by atoms with Crippen molar-refractivity contribution in [2.45, 2.75) is 0 Å². The molecule has 11 heteroatoms. The monoisotopic (exact) mass is 278 g/mol. The Morgan fingerprint density at radius 3 is 1.09 bits per heavy atom. The van der Waals surface area contributed by atoms with Gasteiger partial charge in [0.15, 0.2) is 0 Å². The summed E-state index contributed by atoms with van der Waals surface area (Å²) in [5.41, 5.74) is 0. The zero-order valence-electron chi connectivity index (χ0n) is 4.46. The summed E-state index contributed by atoms with van der Waals surface area (Å²) in [6.07, 6.45) is 0. The molecule has 74 valence electrons. The van der Waals surface area contributed by atoms with E-state index in [1.54, 1.807) is 0 Å². The molecule has 0 aromatic heterocycles. The largest absolute Gasteiger partial charge is 0.394 e. The molecule has 0 atom stereocenters. The molecule has 11 heavy (non-hydrogen) atoms. The molecule has 0 saturated carbocycles. The Morgan fingerprint density at radius 2 is 1.09 bits per heavy atom. The molecule has 2 radical (unpaired) electrons. The van der Waals surface area contributed by atoms with E-state index in [-0.39, 0.29) is 33.6 Å². The molecule has 8 nitrogen and oxygen atoms in total. The van der Waals surface area contributed by atoms with Crippen LogP contribution in [0.2, 0.25) is 0 Å². The average Bonchev–Trinajstić information content (AvgIpc) is 1.19. The summed E-state index contributed by atoms with van der Waals surface area (Å²) in [4.78, 5) is 8.25. The van der Waals surface area contributed by atoms with E-state index in [9.17, 15) is 0 Å². The maximum absolute atomic E-state index is 8.74. The molecule has 0 unspecified atom stereocenters. The van der Waals surface area contributed by atoms with E-state index in [2.05, 4.69) is 0 Å². The van der Waals surface area contributed by atoms with Crippen molar-refractivity contribution in [3.8, 4) is 0 Å². The van der Waals surface area contributed by atoms with Crippen LogP contribution in [0.15, 0.2) is 0 Å². The minimum atomic E-state index is -4.67. The molecule has 0 aliphatic heterocycles. The molecule has 0 bridgehead atoms. The van der Waals surface area contributed by atoms with Gasteiger partial charge in [-0.3, -0.25) is 9.11 Å². The van der Waals surface area contributed by atoms with Gasteiger partial charge in [0.2, 0.25) is 0 Å². The number of hydrogen-bond donors (Lipinski definition) is 2. The van der Waals surface area contributed by atoms with Gasteiger partial charge in [-0.15, -0.1) is 0 Å². The normalized spacial score (nSPS) is 7.45. The van der Waals surface area contributed by atoms with Gasteiger partial charge in [-0.2, -0.15) is 8.42 Å². The van der Waals surface area contributed by atoms with Gasteiger partial charge in [-0.25, -0.2) is 0 Å². The van der Waals surface area contributed by atoms with Crippen LogP contribution in [0.4, 0.5) is 0 Å². The van der Waals surface area contributed by atoms with Gasteiger partial charge in [0.1, 0.15) is 0 Å².